The molecule has 0 saturated carbocycles. The second kappa shape index (κ2) is 8.76. The van der Waals surface area contributed by atoms with Gasteiger partial charge in [0.05, 0.1) is 23.5 Å². The molecule has 1 amide bonds. The van der Waals surface area contributed by atoms with Crippen LogP contribution >= 0.6 is 23.1 Å². The lowest BCUT2D eigenvalue weighted by Gasteiger charge is -2.12. The van der Waals surface area contributed by atoms with Crippen molar-refractivity contribution >= 4 is 44.9 Å². The third-order valence-electron chi connectivity index (χ3n) is 4.27. The monoisotopic (exact) mass is 443 g/mol. The highest BCUT2D eigenvalue weighted by Gasteiger charge is 2.15. The quantitative estimate of drug-likeness (QED) is 0.352. The van der Waals surface area contributed by atoms with Crippen LogP contribution in [0.3, 0.4) is 0 Å². The number of thiophene rings is 1. The topological polar surface area (TPSA) is 64.0 Å². The van der Waals surface area contributed by atoms with Gasteiger partial charge in [-0.2, -0.15) is 0 Å². The van der Waals surface area contributed by atoms with Gasteiger partial charge in [0.1, 0.15) is 16.3 Å². The Morgan fingerprint density at radius 3 is 2.63 bits per heavy atom. The fourth-order valence-corrected chi connectivity index (χ4v) is 4.40. The number of carbonyl (C=O) groups is 1. The molecule has 9 heteroatoms. The summed E-state index contributed by atoms with van der Waals surface area (Å²) in [7, 11) is 0. The summed E-state index contributed by atoms with van der Waals surface area (Å²) in [5.41, 5.74) is 1.15. The van der Waals surface area contributed by atoms with Crippen LogP contribution in [-0.2, 0) is 11.3 Å². The number of hydrogen-bond donors (Lipinski definition) is 1. The minimum atomic E-state index is -0.526. The van der Waals surface area contributed by atoms with Crippen molar-refractivity contribution in [3.8, 4) is 0 Å². The predicted molar refractivity (Wildman–Crippen MR) is 115 cm³/mol. The molecule has 4 aromatic rings. The molecule has 0 atom stereocenters. The molecular weight excluding hydrogens is 428 g/mol. The number of aromatic nitrogens is 2. The van der Waals surface area contributed by atoms with Crippen molar-refractivity contribution in [2.45, 2.75) is 11.7 Å². The number of halogens is 2. The fourth-order valence-electron chi connectivity index (χ4n) is 2.82. The van der Waals surface area contributed by atoms with Crippen molar-refractivity contribution in [3.63, 3.8) is 0 Å². The highest BCUT2D eigenvalue weighted by molar-refractivity contribution is 7.99. The Labute approximate surface area is 178 Å². The number of para-hydroxylation sites is 1. The van der Waals surface area contributed by atoms with Gasteiger partial charge in [0, 0.05) is 0 Å². The molecule has 0 saturated heterocycles. The van der Waals surface area contributed by atoms with E-state index >= 15 is 0 Å². The van der Waals surface area contributed by atoms with Gasteiger partial charge in [-0.1, -0.05) is 36.0 Å². The summed E-state index contributed by atoms with van der Waals surface area (Å²) in [5, 5.41) is 4.65. The average Bonchev–Trinajstić information content (AvgIpc) is 3.21. The molecule has 1 N–H and O–H groups in total. The molecule has 30 heavy (non-hydrogen) atoms. The number of nitrogens with one attached hydrogen (secondary N) is 1. The number of hydrogen-bond acceptors (Lipinski definition) is 5. The lowest BCUT2D eigenvalue weighted by Crippen LogP contribution is -2.24. The van der Waals surface area contributed by atoms with Gasteiger partial charge >= 0.3 is 0 Å². The summed E-state index contributed by atoms with van der Waals surface area (Å²) >= 11 is 2.37. The predicted octanol–water partition coefficient (Wildman–Crippen LogP) is 4.52. The van der Waals surface area contributed by atoms with Gasteiger partial charge in [-0.05, 0) is 41.3 Å². The Kier molecular flexibility index (Phi) is 5.91. The Hall–Kier alpha value is -3.04. The molecule has 0 aliphatic rings. The van der Waals surface area contributed by atoms with Gasteiger partial charge in [0.25, 0.3) is 5.56 Å². The smallest absolute Gasteiger partial charge is 0.272 e. The van der Waals surface area contributed by atoms with E-state index in [1.54, 1.807) is 29.6 Å². The van der Waals surface area contributed by atoms with E-state index in [4.69, 9.17) is 0 Å². The maximum atomic E-state index is 13.7. The number of thioether (sulfide) groups is 1. The van der Waals surface area contributed by atoms with Crippen LogP contribution in [0.25, 0.3) is 10.2 Å². The Balaban J connectivity index is 1.59. The van der Waals surface area contributed by atoms with Gasteiger partial charge in [-0.25, -0.2) is 13.8 Å². The first-order valence-electron chi connectivity index (χ1n) is 8.91. The summed E-state index contributed by atoms with van der Waals surface area (Å²) in [5.74, 6) is -1.36. The zero-order chi connectivity index (χ0) is 21.1. The van der Waals surface area contributed by atoms with Crippen molar-refractivity contribution in [3.05, 3.63) is 87.5 Å². The zero-order valence-corrected chi connectivity index (χ0v) is 17.1. The van der Waals surface area contributed by atoms with Crippen LogP contribution in [0.4, 0.5) is 14.5 Å². The second-order valence-corrected chi connectivity index (χ2v) is 8.22. The summed E-state index contributed by atoms with van der Waals surface area (Å²) in [6.07, 6.45) is 0. The molecule has 0 unspecified atom stereocenters. The fraction of sp³-hybridized carbons (Fsp3) is 0.0952. The maximum Gasteiger partial charge on any atom is 0.272 e. The Morgan fingerprint density at radius 2 is 1.87 bits per heavy atom. The van der Waals surface area contributed by atoms with Crippen LogP contribution in [0.15, 0.2) is 69.9 Å². The number of fused-ring (bicyclic) bond motifs is 1. The number of rotatable bonds is 6. The van der Waals surface area contributed by atoms with Crippen LogP contribution in [0.2, 0.25) is 0 Å². The molecule has 2 heterocycles. The second-order valence-electron chi connectivity index (χ2n) is 6.36. The number of nitrogens with zero attached hydrogens (tertiary/aromatic N) is 2. The van der Waals surface area contributed by atoms with Crippen LogP contribution in [0.5, 0.6) is 0 Å². The van der Waals surface area contributed by atoms with E-state index in [2.05, 4.69) is 10.3 Å². The van der Waals surface area contributed by atoms with E-state index in [0.29, 0.717) is 15.4 Å². The van der Waals surface area contributed by atoms with Gasteiger partial charge in [0.15, 0.2) is 5.16 Å². The molecule has 5 nitrogen and oxygen atoms in total. The van der Waals surface area contributed by atoms with Gasteiger partial charge in [0.2, 0.25) is 5.91 Å². The Bertz CT molecular complexity index is 1270. The summed E-state index contributed by atoms with van der Waals surface area (Å²) in [6.45, 7) is 0.192. The molecule has 2 aromatic carbocycles. The number of benzene rings is 2. The number of amides is 1. The van der Waals surface area contributed by atoms with Gasteiger partial charge in [-0.3, -0.25) is 14.2 Å². The average molecular weight is 444 g/mol. The molecule has 0 radical (unpaired) electrons. The van der Waals surface area contributed by atoms with E-state index in [0.717, 1.165) is 17.3 Å². The SMILES string of the molecule is O=C(CSc1nc2ccsc2c(=O)n1Cc1ccc(F)cc1)Nc1ccccc1F. The van der Waals surface area contributed by atoms with Crippen molar-refractivity contribution in [1.29, 1.82) is 0 Å². The minimum absolute atomic E-state index is 0.0557. The molecule has 0 fully saturated rings. The van der Waals surface area contributed by atoms with Gasteiger partial charge in [-0.15, -0.1) is 11.3 Å². The summed E-state index contributed by atoms with van der Waals surface area (Å²) in [4.78, 5) is 29.8. The van der Waals surface area contributed by atoms with Crippen molar-refractivity contribution in [2.75, 3.05) is 11.1 Å². The Morgan fingerprint density at radius 1 is 1.10 bits per heavy atom. The van der Waals surface area contributed by atoms with E-state index < -0.39 is 11.7 Å². The normalized spacial score (nSPS) is 11.0. The third-order valence-corrected chi connectivity index (χ3v) is 6.13. The standard InChI is InChI=1S/C21H15F2N3O2S2/c22-14-7-5-13(6-8-14)11-26-20(28)19-17(9-10-29-19)25-21(26)30-12-18(27)24-16-4-2-1-3-15(16)23/h1-10H,11-12H2,(H,24,27). The lowest BCUT2D eigenvalue weighted by atomic mass is 10.2. The van der Waals surface area contributed by atoms with Crippen LogP contribution < -0.4 is 10.9 Å². The van der Waals surface area contributed by atoms with Crippen LogP contribution in [0.1, 0.15) is 5.56 Å². The molecule has 2 aromatic heterocycles. The molecule has 0 bridgehead atoms. The third kappa shape index (κ3) is 4.42. The number of anilines is 1. The van der Waals surface area contributed by atoms with Crippen molar-refractivity contribution < 1.29 is 13.6 Å². The minimum Gasteiger partial charge on any atom is -0.323 e. The van der Waals surface area contributed by atoms with Crippen molar-refractivity contribution in [1.82, 2.24) is 9.55 Å². The van der Waals surface area contributed by atoms with Gasteiger partial charge < -0.3 is 5.32 Å². The zero-order valence-electron chi connectivity index (χ0n) is 15.5. The summed E-state index contributed by atoms with van der Waals surface area (Å²) in [6, 6.07) is 13.5. The van der Waals surface area contributed by atoms with E-state index in [-0.39, 0.29) is 29.4 Å². The van der Waals surface area contributed by atoms with Crippen molar-refractivity contribution in [2.24, 2.45) is 0 Å². The highest BCUT2D eigenvalue weighted by atomic mass is 32.2. The first-order chi connectivity index (χ1) is 14.5. The molecule has 0 aliphatic carbocycles. The highest BCUT2D eigenvalue weighted by Crippen LogP contribution is 2.22. The largest absolute Gasteiger partial charge is 0.323 e. The first-order valence-corrected chi connectivity index (χ1v) is 10.8. The van der Waals surface area contributed by atoms with Crippen LogP contribution in [-0.4, -0.2) is 21.2 Å². The van der Waals surface area contributed by atoms with E-state index in [1.165, 1.54) is 46.2 Å². The molecule has 0 spiro atoms. The molecular formula is C21H15F2N3O2S2. The lowest BCUT2D eigenvalue weighted by molar-refractivity contribution is -0.113. The molecule has 4 rings (SSSR count). The van der Waals surface area contributed by atoms with Crippen LogP contribution in [0, 0.1) is 11.6 Å². The van der Waals surface area contributed by atoms with E-state index in [1.807, 2.05) is 0 Å². The summed E-state index contributed by atoms with van der Waals surface area (Å²) < 4.78 is 28.9. The molecule has 152 valence electrons. The molecule has 0 aliphatic heterocycles. The maximum absolute atomic E-state index is 13.7. The number of carbonyl (C=O) groups excluding carboxylic acids is 1. The van der Waals surface area contributed by atoms with E-state index in [9.17, 15) is 18.4 Å². The first kappa shape index (κ1) is 20.2.